The van der Waals surface area contributed by atoms with Gasteiger partial charge in [-0.25, -0.2) is 13.8 Å². The topological polar surface area (TPSA) is 56.6 Å². The highest BCUT2D eigenvalue weighted by Gasteiger charge is 2.34. The Kier molecular flexibility index (Phi) is 5.23. The summed E-state index contributed by atoms with van der Waals surface area (Å²) in [5.41, 5.74) is 0.406. The standard InChI is InChI=1S/C15H22BClF2N2O2/c1-14(2,3)12-11(17)9-10(16(22)23)13(20-12)21-7-4-5-15(18,19)6-8-21/h9,22-23H,4-8H2,1-3H3. The Labute approximate surface area is 140 Å². The minimum absolute atomic E-state index is 0.116. The summed E-state index contributed by atoms with van der Waals surface area (Å²) >= 11 is 6.22. The number of alkyl halides is 2. The van der Waals surface area contributed by atoms with Gasteiger partial charge in [-0.3, -0.25) is 0 Å². The molecule has 1 aromatic heterocycles. The van der Waals surface area contributed by atoms with Crippen molar-refractivity contribution in [2.24, 2.45) is 0 Å². The predicted octanol–water partition coefficient (Wildman–Crippen LogP) is 2.34. The van der Waals surface area contributed by atoms with Crippen LogP contribution in [0.15, 0.2) is 6.07 Å². The second-order valence-corrected chi connectivity index (χ2v) is 7.46. The normalized spacial score (nSPS) is 18.7. The van der Waals surface area contributed by atoms with E-state index in [-0.39, 0.29) is 30.3 Å². The fraction of sp³-hybridized carbons (Fsp3) is 0.667. The summed E-state index contributed by atoms with van der Waals surface area (Å²) in [5.74, 6) is -2.36. The predicted molar refractivity (Wildman–Crippen MR) is 88.8 cm³/mol. The first-order valence-corrected chi connectivity index (χ1v) is 8.09. The molecule has 128 valence electrons. The minimum Gasteiger partial charge on any atom is -0.423 e. The Bertz CT molecular complexity index is 579. The van der Waals surface area contributed by atoms with Gasteiger partial charge in [0, 0.05) is 36.8 Å². The van der Waals surface area contributed by atoms with Gasteiger partial charge in [0.1, 0.15) is 5.82 Å². The molecule has 1 aliphatic heterocycles. The van der Waals surface area contributed by atoms with E-state index in [1.54, 1.807) is 4.90 Å². The van der Waals surface area contributed by atoms with Gasteiger partial charge in [0.2, 0.25) is 5.92 Å². The molecule has 2 N–H and O–H groups in total. The maximum atomic E-state index is 13.6. The van der Waals surface area contributed by atoms with E-state index >= 15 is 0 Å². The van der Waals surface area contributed by atoms with Gasteiger partial charge < -0.3 is 14.9 Å². The van der Waals surface area contributed by atoms with Crippen molar-refractivity contribution < 1.29 is 18.8 Å². The molecule has 0 amide bonds. The van der Waals surface area contributed by atoms with E-state index in [1.165, 1.54) is 6.07 Å². The van der Waals surface area contributed by atoms with E-state index in [0.717, 1.165) is 0 Å². The van der Waals surface area contributed by atoms with Crippen LogP contribution in [0.1, 0.15) is 45.7 Å². The highest BCUT2D eigenvalue weighted by Crippen LogP contribution is 2.32. The van der Waals surface area contributed by atoms with Crippen molar-refractivity contribution in [3.63, 3.8) is 0 Å². The van der Waals surface area contributed by atoms with Crippen molar-refractivity contribution in [3.8, 4) is 0 Å². The van der Waals surface area contributed by atoms with Crippen LogP contribution in [-0.2, 0) is 5.41 Å². The zero-order chi connectivity index (χ0) is 17.4. The average Bonchev–Trinajstić information content (AvgIpc) is 2.58. The largest absolute Gasteiger partial charge is 0.492 e. The average molecular weight is 347 g/mol. The number of pyridine rings is 1. The summed E-state index contributed by atoms with van der Waals surface area (Å²) in [5, 5.41) is 19.6. The summed E-state index contributed by atoms with van der Waals surface area (Å²) < 4.78 is 27.2. The van der Waals surface area contributed by atoms with Gasteiger partial charge in [0.15, 0.2) is 0 Å². The number of halogens is 3. The third-order valence-corrected chi connectivity index (χ3v) is 4.28. The molecule has 0 atom stereocenters. The van der Waals surface area contributed by atoms with Crippen LogP contribution in [0.25, 0.3) is 0 Å². The molecule has 1 aliphatic rings. The first-order valence-electron chi connectivity index (χ1n) is 7.71. The van der Waals surface area contributed by atoms with E-state index in [2.05, 4.69) is 4.98 Å². The highest BCUT2D eigenvalue weighted by molar-refractivity contribution is 6.60. The summed E-state index contributed by atoms with van der Waals surface area (Å²) in [6, 6.07) is 1.47. The molecule has 1 aromatic rings. The van der Waals surface area contributed by atoms with Gasteiger partial charge in [-0.1, -0.05) is 32.4 Å². The summed E-state index contributed by atoms with van der Waals surface area (Å²) in [4.78, 5) is 6.20. The summed E-state index contributed by atoms with van der Waals surface area (Å²) in [7, 11) is -1.76. The molecule has 8 heteroatoms. The second kappa shape index (κ2) is 6.53. The molecule has 2 rings (SSSR count). The van der Waals surface area contributed by atoms with Gasteiger partial charge in [-0.15, -0.1) is 0 Å². The van der Waals surface area contributed by atoms with Crippen molar-refractivity contribution in [1.29, 1.82) is 0 Å². The van der Waals surface area contributed by atoms with Crippen molar-refractivity contribution >= 4 is 30.0 Å². The molecular weight excluding hydrogens is 324 g/mol. The van der Waals surface area contributed by atoms with E-state index in [0.29, 0.717) is 29.5 Å². The number of anilines is 1. The zero-order valence-corrected chi connectivity index (χ0v) is 14.4. The van der Waals surface area contributed by atoms with Crippen LogP contribution in [0.2, 0.25) is 5.02 Å². The molecule has 0 spiro atoms. The maximum Gasteiger partial charge on any atom is 0.492 e. The number of nitrogens with zero attached hydrogens (tertiary/aromatic N) is 2. The Morgan fingerprint density at radius 3 is 2.48 bits per heavy atom. The fourth-order valence-corrected chi connectivity index (χ4v) is 3.18. The number of rotatable bonds is 2. The van der Waals surface area contributed by atoms with Gasteiger partial charge in [-0.2, -0.15) is 0 Å². The van der Waals surface area contributed by atoms with E-state index in [9.17, 15) is 18.8 Å². The third kappa shape index (κ3) is 4.34. The monoisotopic (exact) mass is 346 g/mol. The molecular formula is C15H22BClF2N2O2. The molecule has 0 radical (unpaired) electrons. The molecule has 0 aromatic carbocycles. The van der Waals surface area contributed by atoms with Gasteiger partial charge in [-0.05, 0) is 12.5 Å². The molecule has 2 heterocycles. The lowest BCUT2D eigenvalue weighted by Gasteiger charge is -2.28. The van der Waals surface area contributed by atoms with Crippen molar-refractivity contribution in [3.05, 3.63) is 16.8 Å². The Morgan fingerprint density at radius 1 is 1.26 bits per heavy atom. The highest BCUT2D eigenvalue weighted by atomic mass is 35.5. The van der Waals surface area contributed by atoms with Gasteiger partial charge >= 0.3 is 7.12 Å². The fourth-order valence-electron chi connectivity index (χ4n) is 2.74. The molecule has 0 aliphatic carbocycles. The first-order chi connectivity index (χ1) is 10.5. The van der Waals surface area contributed by atoms with Crippen LogP contribution in [0.5, 0.6) is 0 Å². The molecule has 4 nitrogen and oxygen atoms in total. The molecule has 23 heavy (non-hydrogen) atoms. The molecule has 1 saturated heterocycles. The quantitative estimate of drug-likeness (QED) is 0.807. The zero-order valence-electron chi connectivity index (χ0n) is 13.6. The van der Waals surface area contributed by atoms with Gasteiger partial charge in [0.25, 0.3) is 0 Å². The van der Waals surface area contributed by atoms with E-state index in [4.69, 9.17) is 11.6 Å². The lowest BCUT2D eigenvalue weighted by atomic mass is 9.79. The Balaban J connectivity index is 2.46. The minimum atomic E-state index is -2.69. The second-order valence-electron chi connectivity index (χ2n) is 7.05. The van der Waals surface area contributed by atoms with Crippen LogP contribution in [0, 0.1) is 0 Å². The van der Waals surface area contributed by atoms with E-state index in [1.807, 2.05) is 20.8 Å². The number of aromatic nitrogens is 1. The molecule has 0 saturated carbocycles. The molecule has 1 fully saturated rings. The van der Waals surface area contributed by atoms with E-state index < -0.39 is 13.0 Å². The van der Waals surface area contributed by atoms with Crippen LogP contribution in [0.4, 0.5) is 14.6 Å². The lowest BCUT2D eigenvalue weighted by Crippen LogP contribution is -2.40. The van der Waals surface area contributed by atoms with Crippen LogP contribution < -0.4 is 10.4 Å². The third-order valence-electron chi connectivity index (χ3n) is 3.99. The van der Waals surface area contributed by atoms with Crippen LogP contribution in [-0.4, -0.2) is 41.2 Å². The first kappa shape index (κ1) is 18.4. The van der Waals surface area contributed by atoms with Gasteiger partial charge in [0.05, 0.1) is 10.7 Å². The van der Waals surface area contributed by atoms with Crippen LogP contribution >= 0.6 is 11.6 Å². The molecule has 0 unspecified atom stereocenters. The summed E-state index contributed by atoms with van der Waals surface area (Å²) in [6.07, 6.45) is -0.119. The van der Waals surface area contributed by atoms with Crippen molar-refractivity contribution in [2.75, 3.05) is 18.0 Å². The smallest absolute Gasteiger partial charge is 0.423 e. The maximum absolute atomic E-state index is 13.6. The molecule has 0 bridgehead atoms. The number of hydrogen-bond acceptors (Lipinski definition) is 4. The van der Waals surface area contributed by atoms with Crippen molar-refractivity contribution in [2.45, 2.75) is 51.4 Å². The SMILES string of the molecule is CC(C)(C)c1nc(N2CCCC(F)(F)CC2)c(B(O)O)cc1Cl. The summed E-state index contributed by atoms with van der Waals surface area (Å²) in [6.45, 7) is 6.34. The van der Waals surface area contributed by atoms with Crippen molar-refractivity contribution in [1.82, 2.24) is 4.98 Å². The Morgan fingerprint density at radius 2 is 1.91 bits per heavy atom. The number of hydrogen-bond donors (Lipinski definition) is 2. The Hall–Kier alpha value is -0.915. The lowest BCUT2D eigenvalue weighted by molar-refractivity contribution is -0.0102. The van der Waals surface area contributed by atoms with Crippen LogP contribution in [0.3, 0.4) is 0 Å².